The van der Waals surface area contributed by atoms with Crippen molar-refractivity contribution in [2.24, 2.45) is 0 Å². The maximum atomic E-state index is 12.8. The van der Waals surface area contributed by atoms with Gasteiger partial charge in [-0.15, -0.1) is 0 Å². The number of carbonyl (C=O) groups is 1. The lowest BCUT2D eigenvalue weighted by Gasteiger charge is -2.11. The van der Waals surface area contributed by atoms with Crippen LogP contribution in [0.4, 0.5) is 14.6 Å². The first-order chi connectivity index (χ1) is 8.01. The molecule has 0 aliphatic heterocycles. The van der Waals surface area contributed by atoms with E-state index in [1.54, 1.807) is 6.92 Å². The van der Waals surface area contributed by atoms with Crippen molar-refractivity contribution in [1.29, 1.82) is 0 Å². The van der Waals surface area contributed by atoms with Crippen LogP contribution in [0.5, 0.6) is 0 Å². The van der Waals surface area contributed by atoms with Gasteiger partial charge < -0.3 is 10.5 Å². The van der Waals surface area contributed by atoms with Crippen LogP contribution in [0.3, 0.4) is 0 Å². The topological polar surface area (TPSA) is 65.2 Å². The van der Waals surface area contributed by atoms with Crippen LogP contribution in [0.25, 0.3) is 0 Å². The first-order valence-electron chi connectivity index (χ1n) is 4.81. The van der Waals surface area contributed by atoms with Crippen LogP contribution in [0, 0.1) is 0 Å². The van der Waals surface area contributed by atoms with Crippen LogP contribution in [0.15, 0.2) is 6.07 Å². The summed E-state index contributed by atoms with van der Waals surface area (Å²) in [5.74, 6) is -0.885. The second kappa shape index (κ2) is 5.90. The largest absolute Gasteiger partial charge is 0.461 e. The fourth-order valence-corrected chi connectivity index (χ4v) is 1.90. The van der Waals surface area contributed by atoms with Gasteiger partial charge in [-0.2, -0.15) is 0 Å². The Balaban J connectivity index is 3.32. The smallest absolute Gasteiger partial charge is 0.357 e. The minimum Gasteiger partial charge on any atom is -0.461 e. The second-order valence-corrected chi connectivity index (χ2v) is 3.68. The van der Waals surface area contributed by atoms with Crippen molar-refractivity contribution < 1.29 is 18.3 Å². The molecule has 0 aromatic carbocycles. The van der Waals surface area contributed by atoms with Gasteiger partial charge >= 0.3 is 5.97 Å². The number of esters is 1. The highest BCUT2D eigenvalue weighted by Crippen LogP contribution is 2.28. The van der Waals surface area contributed by atoms with E-state index in [9.17, 15) is 13.6 Å². The SMILES string of the molecule is CCOC(=O)c1nc(N)cc(C(F)F)c1CBr. The molecule has 0 spiro atoms. The van der Waals surface area contributed by atoms with Gasteiger partial charge in [0.25, 0.3) is 6.43 Å². The van der Waals surface area contributed by atoms with Gasteiger partial charge in [-0.3, -0.25) is 0 Å². The van der Waals surface area contributed by atoms with Crippen LogP contribution in [0.1, 0.15) is 35.0 Å². The molecule has 0 saturated heterocycles. The highest BCUT2D eigenvalue weighted by atomic mass is 79.9. The van der Waals surface area contributed by atoms with Gasteiger partial charge in [0.2, 0.25) is 0 Å². The summed E-state index contributed by atoms with van der Waals surface area (Å²) in [7, 11) is 0. The van der Waals surface area contributed by atoms with Gasteiger partial charge in [0.15, 0.2) is 5.69 Å². The minimum atomic E-state index is -2.72. The van der Waals surface area contributed by atoms with Crippen LogP contribution in [0.2, 0.25) is 0 Å². The normalized spacial score (nSPS) is 10.6. The maximum Gasteiger partial charge on any atom is 0.357 e. The van der Waals surface area contributed by atoms with Crippen molar-refractivity contribution in [2.75, 3.05) is 12.3 Å². The highest BCUT2D eigenvalue weighted by Gasteiger charge is 2.22. The lowest BCUT2D eigenvalue weighted by atomic mass is 10.1. The molecule has 0 bridgehead atoms. The number of pyridine rings is 1. The molecule has 1 heterocycles. The van der Waals surface area contributed by atoms with E-state index in [0.29, 0.717) is 0 Å². The second-order valence-electron chi connectivity index (χ2n) is 3.12. The van der Waals surface area contributed by atoms with E-state index in [0.717, 1.165) is 6.07 Å². The van der Waals surface area contributed by atoms with E-state index >= 15 is 0 Å². The molecule has 1 rings (SSSR count). The van der Waals surface area contributed by atoms with Gasteiger partial charge in [0, 0.05) is 16.5 Å². The molecule has 0 amide bonds. The molecule has 0 unspecified atom stereocenters. The molecule has 1 aromatic heterocycles. The van der Waals surface area contributed by atoms with Gasteiger partial charge in [-0.1, -0.05) is 15.9 Å². The molecule has 1 aromatic rings. The number of aromatic nitrogens is 1. The predicted octanol–water partition coefficient (Wildman–Crippen LogP) is 2.67. The Morgan fingerprint density at radius 2 is 2.29 bits per heavy atom. The van der Waals surface area contributed by atoms with E-state index in [4.69, 9.17) is 10.5 Å². The van der Waals surface area contributed by atoms with Crippen LogP contribution < -0.4 is 5.73 Å². The highest BCUT2D eigenvalue weighted by molar-refractivity contribution is 9.08. The summed E-state index contributed by atoms with van der Waals surface area (Å²) in [5.41, 5.74) is 5.02. The average molecular weight is 309 g/mol. The Bertz CT molecular complexity index is 427. The van der Waals surface area contributed by atoms with E-state index < -0.39 is 12.4 Å². The molecule has 0 saturated carbocycles. The molecule has 4 nitrogen and oxygen atoms in total. The fraction of sp³-hybridized carbons (Fsp3) is 0.400. The molecule has 0 radical (unpaired) electrons. The number of nitrogens with two attached hydrogens (primary N) is 1. The maximum absolute atomic E-state index is 12.8. The fourth-order valence-electron chi connectivity index (χ4n) is 1.32. The van der Waals surface area contributed by atoms with Crippen LogP contribution in [-0.4, -0.2) is 17.6 Å². The third-order valence-corrected chi connectivity index (χ3v) is 2.58. The van der Waals surface area contributed by atoms with Crippen molar-refractivity contribution in [3.05, 3.63) is 22.9 Å². The summed E-state index contributed by atoms with van der Waals surface area (Å²) in [5, 5.41) is 0.0775. The third-order valence-electron chi connectivity index (χ3n) is 2.02. The summed E-state index contributed by atoms with van der Waals surface area (Å²) >= 11 is 3.05. The third kappa shape index (κ3) is 3.12. The van der Waals surface area contributed by atoms with E-state index in [2.05, 4.69) is 20.9 Å². The number of anilines is 1. The summed E-state index contributed by atoms with van der Waals surface area (Å²) in [6.07, 6.45) is -2.72. The zero-order chi connectivity index (χ0) is 13.0. The molecule has 0 aliphatic carbocycles. The number of carbonyl (C=O) groups excluding carboxylic acids is 1. The first-order valence-corrected chi connectivity index (χ1v) is 5.93. The predicted molar refractivity (Wildman–Crippen MR) is 62.2 cm³/mol. The van der Waals surface area contributed by atoms with E-state index in [1.807, 2.05) is 0 Å². The number of rotatable bonds is 4. The summed E-state index contributed by atoms with van der Waals surface area (Å²) in [6, 6.07) is 1.06. The Kier molecular flexibility index (Phi) is 4.80. The van der Waals surface area contributed by atoms with E-state index in [-0.39, 0.29) is 34.6 Å². The molecule has 17 heavy (non-hydrogen) atoms. The summed E-state index contributed by atoms with van der Waals surface area (Å²) in [4.78, 5) is 15.3. The number of halogens is 3. The van der Waals surface area contributed by atoms with E-state index in [1.165, 1.54) is 0 Å². The molecule has 7 heteroatoms. The van der Waals surface area contributed by atoms with Crippen molar-refractivity contribution in [3.8, 4) is 0 Å². The molecule has 94 valence electrons. The molecule has 0 aliphatic rings. The molecule has 2 N–H and O–H groups in total. The zero-order valence-corrected chi connectivity index (χ0v) is 10.6. The van der Waals surface area contributed by atoms with Crippen molar-refractivity contribution in [3.63, 3.8) is 0 Å². The Morgan fingerprint density at radius 1 is 1.65 bits per heavy atom. The number of nitrogens with zero attached hydrogens (tertiary/aromatic N) is 1. The molecular weight excluding hydrogens is 298 g/mol. The van der Waals surface area contributed by atoms with Gasteiger partial charge in [0.1, 0.15) is 5.82 Å². The van der Waals surface area contributed by atoms with Gasteiger partial charge in [0.05, 0.1) is 6.61 Å². The van der Waals surface area contributed by atoms with Gasteiger partial charge in [-0.25, -0.2) is 18.6 Å². The molecule has 0 fully saturated rings. The Hall–Kier alpha value is -1.24. The Labute approximate surface area is 105 Å². The van der Waals surface area contributed by atoms with Crippen LogP contribution in [-0.2, 0) is 10.1 Å². The average Bonchev–Trinajstić information content (AvgIpc) is 2.28. The number of hydrogen-bond donors (Lipinski definition) is 1. The van der Waals surface area contributed by atoms with Crippen molar-refractivity contribution in [1.82, 2.24) is 4.98 Å². The van der Waals surface area contributed by atoms with Crippen molar-refractivity contribution >= 4 is 27.7 Å². The first kappa shape index (κ1) is 13.8. The lowest BCUT2D eigenvalue weighted by Crippen LogP contribution is -2.13. The minimum absolute atomic E-state index is 0.0775. The van der Waals surface area contributed by atoms with Gasteiger partial charge in [-0.05, 0) is 13.0 Å². The van der Waals surface area contributed by atoms with Crippen molar-refractivity contribution in [2.45, 2.75) is 18.7 Å². The number of nitrogen functional groups attached to an aromatic ring is 1. The molecular formula is C10H11BrF2N2O2. The lowest BCUT2D eigenvalue weighted by molar-refractivity contribution is 0.0518. The standard InChI is InChI=1S/C10H11BrF2N2O2/c1-2-17-10(16)8-6(4-11)5(9(12)13)3-7(14)15-8/h3,9H,2,4H2,1H3,(H2,14,15). The number of ether oxygens (including phenoxy) is 1. The molecule has 0 atom stereocenters. The monoisotopic (exact) mass is 308 g/mol. The summed E-state index contributed by atoms with van der Waals surface area (Å²) in [6.45, 7) is 1.76. The zero-order valence-electron chi connectivity index (χ0n) is 9.04. The van der Waals surface area contributed by atoms with Crippen LogP contribution >= 0.6 is 15.9 Å². The quantitative estimate of drug-likeness (QED) is 0.686. The Morgan fingerprint density at radius 3 is 2.76 bits per heavy atom. The number of hydrogen-bond acceptors (Lipinski definition) is 4. The number of alkyl halides is 3. The summed E-state index contributed by atoms with van der Waals surface area (Å²) < 4.78 is 30.3.